The van der Waals surface area contributed by atoms with Gasteiger partial charge in [0, 0.05) is 24.6 Å². The Hall–Kier alpha value is -4.61. The predicted molar refractivity (Wildman–Crippen MR) is 187 cm³/mol. The summed E-state index contributed by atoms with van der Waals surface area (Å²) in [5, 5.41) is 0.529. The minimum atomic E-state index is -4.02. The molecule has 0 unspecified atom stereocenters. The van der Waals surface area contributed by atoms with Crippen LogP contribution in [0, 0.1) is 24.0 Å². The van der Waals surface area contributed by atoms with Crippen molar-refractivity contribution in [2.24, 2.45) is 0 Å². The number of aromatic nitrogens is 3. The van der Waals surface area contributed by atoms with E-state index < -0.39 is 32.2 Å². The van der Waals surface area contributed by atoms with Crippen molar-refractivity contribution in [1.82, 2.24) is 19.9 Å². The number of anilines is 1. The Morgan fingerprint density at radius 2 is 1.86 bits per heavy atom. The number of hydrogen-bond acceptors (Lipinski definition) is 10. The fraction of sp³-hybridized carbons (Fsp3) is 0.459. The number of carbonyl (C=O) groups is 1. The second-order valence-corrected chi connectivity index (χ2v) is 16.3. The van der Waals surface area contributed by atoms with Crippen LogP contribution in [0.15, 0.2) is 29.4 Å². The van der Waals surface area contributed by atoms with E-state index in [1.807, 2.05) is 30.6 Å². The summed E-state index contributed by atoms with van der Waals surface area (Å²) >= 11 is 0. The second kappa shape index (κ2) is 12.9. The molecule has 1 amide bonds. The molecule has 11 nitrogen and oxygen atoms in total. The maximum Gasteiger partial charge on any atom is 0.410 e. The van der Waals surface area contributed by atoms with Crippen LogP contribution in [0.1, 0.15) is 64.6 Å². The number of methoxy groups -OCH3 is 1. The highest BCUT2D eigenvalue weighted by molar-refractivity contribution is 7.91. The lowest BCUT2D eigenvalue weighted by atomic mass is 9.92. The summed E-state index contributed by atoms with van der Waals surface area (Å²) in [6.45, 7) is 7.19. The van der Waals surface area contributed by atoms with Gasteiger partial charge in [0.25, 0.3) is 0 Å². The van der Waals surface area contributed by atoms with Gasteiger partial charge >= 0.3 is 6.09 Å². The summed E-state index contributed by atoms with van der Waals surface area (Å²) in [5.74, 6) is 1.09. The van der Waals surface area contributed by atoms with Crippen LogP contribution < -0.4 is 9.64 Å². The van der Waals surface area contributed by atoms with Crippen molar-refractivity contribution >= 4 is 43.4 Å². The average Bonchev–Trinajstić information content (AvgIpc) is 3.42. The van der Waals surface area contributed by atoms with Crippen LogP contribution in [0.4, 0.5) is 19.4 Å². The van der Waals surface area contributed by atoms with Gasteiger partial charge in [0.1, 0.15) is 34.2 Å². The van der Waals surface area contributed by atoms with Gasteiger partial charge in [0.15, 0.2) is 12.6 Å². The monoisotopic (exact) mass is 719 g/mol. The predicted octanol–water partition coefficient (Wildman–Crippen LogP) is 6.17. The molecule has 51 heavy (non-hydrogen) atoms. The van der Waals surface area contributed by atoms with E-state index in [0.29, 0.717) is 48.0 Å². The van der Waals surface area contributed by atoms with Crippen LogP contribution >= 0.6 is 0 Å². The lowest BCUT2D eigenvalue weighted by Crippen LogP contribution is -2.62. The molecule has 5 heterocycles. The third-order valence-corrected chi connectivity index (χ3v) is 11.3. The molecular formula is C37H39F2N5O6S. The van der Waals surface area contributed by atoms with Gasteiger partial charge in [-0.25, -0.2) is 36.9 Å². The van der Waals surface area contributed by atoms with E-state index >= 15 is 8.78 Å². The third kappa shape index (κ3) is 6.00. The van der Waals surface area contributed by atoms with E-state index in [1.54, 1.807) is 6.07 Å². The van der Waals surface area contributed by atoms with Gasteiger partial charge in [0.2, 0.25) is 15.0 Å². The number of terminal acetylenes is 1. The van der Waals surface area contributed by atoms with E-state index in [2.05, 4.69) is 15.9 Å². The molecule has 2 aromatic carbocycles. The van der Waals surface area contributed by atoms with Gasteiger partial charge in [-0.05, 0) is 76.5 Å². The van der Waals surface area contributed by atoms with Gasteiger partial charge in [-0.3, -0.25) is 4.90 Å². The number of fused-ring (bicyclic) bond motifs is 6. The molecule has 2 aromatic heterocycles. The van der Waals surface area contributed by atoms with E-state index in [9.17, 15) is 13.2 Å². The number of hydrogen-bond donors (Lipinski definition) is 0. The number of sulfone groups is 1. The standard InChI is InChI=1S/C37H39F2N5O6S/c1-7-23-25(38)14-12-20-16-22(49-19-48-6)17-24(29(20)23)32-31(39)33-30-26(40-32)10-9-11-27-28-15-13-21(44(28)36(45)50-37(3,4)5)18-43(27)34(30)42-35(41-33)51(46,47)8-2/h1,12,14,16-17,21,27-28H,8-11,13,15,18-19H2,2-6H3/t21-,27-,28+/m1/s1. The molecule has 0 spiro atoms. The number of carbonyl (C=O) groups excluding carboxylic acids is 1. The van der Waals surface area contributed by atoms with Gasteiger partial charge < -0.3 is 19.1 Å². The topological polar surface area (TPSA) is 124 Å². The fourth-order valence-electron chi connectivity index (χ4n) is 7.70. The van der Waals surface area contributed by atoms with Gasteiger partial charge in [-0.15, -0.1) is 6.42 Å². The molecule has 0 N–H and O–H groups in total. The van der Waals surface area contributed by atoms with Crippen molar-refractivity contribution in [2.75, 3.05) is 31.1 Å². The largest absolute Gasteiger partial charge is 0.468 e. The molecule has 3 aliphatic heterocycles. The number of halogens is 2. The maximum absolute atomic E-state index is 17.3. The van der Waals surface area contributed by atoms with E-state index in [-0.39, 0.29) is 70.3 Å². The minimum Gasteiger partial charge on any atom is -0.468 e. The number of pyridine rings is 1. The summed E-state index contributed by atoms with van der Waals surface area (Å²) in [7, 11) is -2.56. The van der Waals surface area contributed by atoms with Crippen LogP contribution in [0.25, 0.3) is 32.9 Å². The summed E-state index contributed by atoms with van der Waals surface area (Å²) in [6, 6.07) is 5.24. The number of piperazine rings is 1. The van der Waals surface area contributed by atoms with Crippen molar-refractivity contribution in [2.45, 2.75) is 88.7 Å². The maximum atomic E-state index is 17.3. The van der Waals surface area contributed by atoms with E-state index in [0.717, 1.165) is 12.8 Å². The highest BCUT2D eigenvalue weighted by atomic mass is 32.2. The zero-order valence-electron chi connectivity index (χ0n) is 29.1. The number of aryl methyl sites for hydroxylation is 1. The first-order valence-electron chi connectivity index (χ1n) is 17.0. The molecule has 268 valence electrons. The van der Waals surface area contributed by atoms with Gasteiger partial charge in [0.05, 0.1) is 40.5 Å². The summed E-state index contributed by atoms with van der Waals surface area (Å²) in [4.78, 5) is 31.2. The third-order valence-electron chi connectivity index (χ3n) is 9.85. The molecule has 4 aromatic rings. The number of amides is 1. The van der Waals surface area contributed by atoms with Crippen LogP contribution in [0.3, 0.4) is 0 Å². The van der Waals surface area contributed by atoms with Crippen molar-refractivity contribution in [3.05, 3.63) is 47.2 Å². The smallest absolute Gasteiger partial charge is 0.410 e. The quantitative estimate of drug-likeness (QED) is 0.130. The Morgan fingerprint density at radius 1 is 1.08 bits per heavy atom. The molecule has 3 atom stereocenters. The van der Waals surface area contributed by atoms with Crippen LogP contribution in [0.5, 0.6) is 5.75 Å². The lowest BCUT2D eigenvalue weighted by molar-refractivity contribution is 0.00700. The number of nitrogens with zero attached hydrogens (tertiary/aromatic N) is 5. The van der Waals surface area contributed by atoms with Gasteiger partial charge in [-0.2, -0.15) is 0 Å². The Morgan fingerprint density at radius 3 is 2.57 bits per heavy atom. The van der Waals surface area contributed by atoms with E-state index in [1.165, 1.54) is 32.2 Å². The molecule has 7 rings (SSSR count). The summed E-state index contributed by atoms with van der Waals surface area (Å²) < 4.78 is 75.9. The molecule has 2 fully saturated rings. The number of rotatable bonds is 6. The molecule has 3 aliphatic rings. The first-order chi connectivity index (χ1) is 24.3. The van der Waals surface area contributed by atoms with Crippen molar-refractivity contribution in [3.63, 3.8) is 0 Å². The second-order valence-electron chi connectivity index (χ2n) is 14.2. The minimum absolute atomic E-state index is 0.0800. The SMILES string of the molecule is C#Cc1c(F)ccc2cc(OCOC)cc(-c3nc4c5c(nc(S(=O)(=O)CC)nc5c3F)N3C[C@H]5CC[C@@H]([C@H]3CCC4)N5C(=O)OC(C)(C)C)c12. The zero-order chi connectivity index (χ0) is 36.4. The zero-order valence-corrected chi connectivity index (χ0v) is 29.9. The molecule has 2 saturated heterocycles. The van der Waals surface area contributed by atoms with Crippen LogP contribution in [0.2, 0.25) is 0 Å². The Bertz CT molecular complexity index is 2240. The Kier molecular flexibility index (Phi) is 8.78. The molecule has 0 saturated carbocycles. The van der Waals surface area contributed by atoms with Crippen molar-refractivity contribution in [1.29, 1.82) is 0 Å². The highest BCUT2D eigenvalue weighted by Gasteiger charge is 2.50. The molecule has 2 bridgehead atoms. The molecular weight excluding hydrogens is 680 g/mol. The average molecular weight is 720 g/mol. The number of ether oxygens (including phenoxy) is 3. The van der Waals surface area contributed by atoms with Crippen molar-refractivity contribution in [3.8, 4) is 29.4 Å². The Balaban J connectivity index is 1.48. The van der Waals surface area contributed by atoms with E-state index in [4.69, 9.17) is 25.6 Å². The number of benzene rings is 2. The normalized spacial score (nSPS) is 20.2. The van der Waals surface area contributed by atoms with Crippen LogP contribution in [-0.2, 0) is 25.7 Å². The summed E-state index contributed by atoms with van der Waals surface area (Å²) in [5.41, 5.74) is -0.528. The lowest BCUT2D eigenvalue weighted by Gasteiger charge is -2.48. The molecule has 0 aliphatic carbocycles. The first-order valence-corrected chi connectivity index (χ1v) is 18.7. The van der Waals surface area contributed by atoms with Crippen LogP contribution in [-0.4, -0.2) is 84.3 Å². The van der Waals surface area contributed by atoms with Crippen molar-refractivity contribution < 1.29 is 36.2 Å². The first kappa shape index (κ1) is 34.8. The van der Waals surface area contributed by atoms with Gasteiger partial charge in [-0.1, -0.05) is 18.9 Å². The highest BCUT2D eigenvalue weighted by Crippen LogP contribution is 2.45. The fourth-order valence-corrected chi connectivity index (χ4v) is 8.42. The molecule has 14 heteroatoms. The molecule has 0 radical (unpaired) electrons. The Labute approximate surface area is 295 Å². The summed E-state index contributed by atoms with van der Waals surface area (Å²) in [6.07, 6.45) is 8.49.